The molecule has 0 aromatic carbocycles. The van der Waals surface area contributed by atoms with Gasteiger partial charge in [-0.25, -0.2) is 0 Å². The zero-order valence-corrected chi connectivity index (χ0v) is 5.78. The molecule has 0 aliphatic heterocycles. The Morgan fingerprint density at radius 2 is 1.33 bits per heavy atom. The average molecular weight is 100 g/mol. The van der Waals surface area contributed by atoms with E-state index in [4.69, 9.17) is 0 Å². The monoisotopic (exact) mass is 100 g/mol. The van der Waals surface area contributed by atoms with Crippen molar-refractivity contribution in [2.45, 2.75) is 13.8 Å². The standard InChI is InChI=1S/C4H9.FH.Mg/c1-4(2)3;;/h4H,1H2,2-3H3;1H;/q-1;;+2/p-1. The minimum absolute atomic E-state index is 0. The molecule has 0 spiro atoms. The van der Waals surface area contributed by atoms with E-state index in [1.165, 1.54) is 0 Å². The molecule has 0 atom stereocenters. The Labute approximate surface area is 54.8 Å². The van der Waals surface area contributed by atoms with Crippen LogP contribution >= 0.6 is 0 Å². The number of rotatable bonds is 0. The zero-order chi connectivity index (χ0) is 3.58. The minimum atomic E-state index is 0. The van der Waals surface area contributed by atoms with Crippen molar-refractivity contribution >= 4 is 23.1 Å². The predicted octanol–water partition coefficient (Wildman–Crippen LogP) is -1.90. The Hall–Kier alpha value is 0.696. The largest absolute Gasteiger partial charge is 2.00 e. The molecule has 34 valence electrons. The smallest absolute Gasteiger partial charge is 1.00 e. The molecule has 0 aromatic rings. The van der Waals surface area contributed by atoms with Gasteiger partial charge in [0.25, 0.3) is 0 Å². The van der Waals surface area contributed by atoms with E-state index in [9.17, 15) is 0 Å². The second kappa shape index (κ2) is 9.20. The fourth-order valence-electron chi connectivity index (χ4n) is 0. The summed E-state index contributed by atoms with van der Waals surface area (Å²) in [6, 6.07) is 0. The molecule has 0 N–H and O–H groups in total. The quantitative estimate of drug-likeness (QED) is 0.246. The molecule has 6 heavy (non-hydrogen) atoms. The molecule has 0 fully saturated rings. The van der Waals surface area contributed by atoms with Gasteiger partial charge in [-0.3, -0.25) is 0 Å². The van der Waals surface area contributed by atoms with Crippen LogP contribution in [0, 0.1) is 12.8 Å². The van der Waals surface area contributed by atoms with Crippen molar-refractivity contribution < 1.29 is 4.70 Å². The van der Waals surface area contributed by atoms with Crippen LogP contribution in [0.5, 0.6) is 0 Å². The van der Waals surface area contributed by atoms with E-state index in [-0.39, 0.29) is 27.8 Å². The second-order valence-electron chi connectivity index (χ2n) is 1.39. The molecule has 2 heteroatoms. The molecule has 0 saturated carbocycles. The maximum Gasteiger partial charge on any atom is 2.00 e. The number of hydrogen-bond donors (Lipinski definition) is 0. The summed E-state index contributed by atoms with van der Waals surface area (Å²) in [7, 11) is 0. The van der Waals surface area contributed by atoms with Crippen LogP contribution in [-0.4, -0.2) is 23.1 Å². The third-order valence-electron chi connectivity index (χ3n) is 0. The van der Waals surface area contributed by atoms with Crippen molar-refractivity contribution in [2.24, 2.45) is 5.92 Å². The van der Waals surface area contributed by atoms with Gasteiger partial charge in [-0.05, 0) is 0 Å². The van der Waals surface area contributed by atoms with Crippen LogP contribution in [0.2, 0.25) is 0 Å². The van der Waals surface area contributed by atoms with Gasteiger partial charge in [0.2, 0.25) is 0 Å². The first-order chi connectivity index (χ1) is 1.73. The normalized spacial score (nSPS) is 6.00. The van der Waals surface area contributed by atoms with E-state index < -0.39 is 0 Å². The molecule has 0 heterocycles. The summed E-state index contributed by atoms with van der Waals surface area (Å²) in [5.74, 6) is 0.583. The molecular weight excluding hydrogens is 91.3 g/mol. The molecule has 0 aromatic heterocycles. The van der Waals surface area contributed by atoms with E-state index in [1.807, 2.05) is 0 Å². The van der Waals surface area contributed by atoms with Crippen molar-refractivity contribution in [1.82, 2.24) is 0 Å². The molecule has 0 aliphatic carbocycles. The summed E-state index contributed by atoms with van der Waals surface area (Å²) >= 11 is 0. The van der Waals surface area contributed by atoms with Crippen LogP contribution in [-0.2, 0) is 0 Å². The van der Waals surface area contributed by atoms with Crippen LogP contribution in [0.3, 0.4) is 0 Å². The Kier molecular flexibility index (Phi) is 24.4. The molecule has 0 unspecified atom stereocenters. The van der Waals surface area contributed by atoms with Crippen LogP contribution in [0.1, 0.15) is 13.8 Å². The number of hydrogen-bond acceptors (Lipinski definition) is 0. The molecule has 0 radical (unpaired) electrons. The molecule has 0 rings (SSSR count). The Balaban J connectivity index is -0.0000000450. The molecule has 0 saturated heterocycles. The first-order valence-corrected chi connectivity index (χ1v) is 1.56. The maximum atomic E-state index is 3.64. The fraction of sp³-hybridized carbons (Fsp3) is 0.750. The van der Waals surface area contributed by atoms with Gasteiger partial charge in [0.15, 0.2) is 0 Å². The summed E-state index contributed by atoms with van der Waals surface area (Å²) in [6.07, 6.45) is 0. The van der Waals surface area contributed by atoms with Crippen LogP contribution in [0.4, 0.5) is 0 Å². The third-order valence-corrected chi connectivity index (χ3v) is 0. The first kappa shape index (κ1) is 15.9. The van der Waals surface area contributed by atoms with Gasteiger partial charge >= 0.3 is 23.1 Å². The van der Waals surface area contributed by atoms with Crippen molar-refractivity contribution in [1.29, 1.82) is 0 Å². The second-order valence-corrected chi connectivity index (χ2v) is 1.39. The van der Waals surface area contributed by atoms with Gasteiger partial charge in [0.05, 0.1) is 0 Å². The van der Waals surface area contributed by atoms with Gasteiger partial charge in [0, 0.05) is 0 Å². The molecular formula is C4H9FMg. The molecule has 0 amide bonds. The Morgan fingerprint density at radius 3 is 1.33 bits per heavy atom. The van der Waals surface area contributed by atoms with E-state index in [2.05, 4.69) is 20.8 Å². The van der Waals surface area contributed by atoms with Crippen LogP contribution < -0.4 is 4.70 Å². The van der Waals surface area contributed by atoms with E-state index in [0.717, 1.165) is 0 Å². The summed E-state index contributed by atoms with van der Waals surface area (Å²) < 4.78 is 0. The van der Waals surface area contributed by atoms with Crippen molar-refractivity contribution in [3.8, 4) is 0 Å². The third kappa shape index (κ3) is 132. The summed E-state index contributed by atoms with van der Waals surface area (Å²) in [5, 5.41) is 0. The SMILES string of the molecule is [CH2-]C(C)C.[F-].[Mg+2]. The van der Waals surface area contributed by atoms with Crippen molar-refractivity contribution in [3.63, 3.8) is 0 Å². The van der Waals surface area contributed by atoms with E-state index in [0.29, 0.717) is 5.92 Å². The summed E-state index contributed by atoms with van der Waals surface area (Å²) in [5.41, 5.74) is 0. The van der Waals surface area contributed by atoms with Crippen LogP contribution in [0.25, 0.3) is 0 Å². The fourth-order valence-corrected chi connectivity index (χ4v) is 0. The Morgan fingerprint density at radius 1 is 1.33 bits per heavy atom. The zero-order valence-electron chi connectivity index (χ0n) is 4.37. The van der Waals surface area contributed by atoms with E-state index in [1.54, 1.807) is 0 Å². The van der Waals surface area contributed by atoms with E-state index >= 15 is 0 Å². The van der Waals surface area contributed by atoms with Gasteiger partial charge in [-0.2, -0.15) is 5.92 Å². The van der Waals surface area contributed by atoms with Gasteiger partial charge in [0.1, 0.15) is 0 Å². The molecule has 0 nitrogen and oxygen atoms in total. The molecule has 0 aliphatic rings. The predicted molar refractivity (Wildman–Crippen MR) is 25.9 cm³/mol. The minimum Gasteiger partial charge on any atom is -1.00 e. The maximum absolute atomic E-state index is 3.64. The van der Waals surface area contributed by atoms with Crippen molar-refractivity contribution in [2.75, 3.05) is 0 Å². The van der Waals surface area contributed by atoms with Crippen LogP contribution in [0.15, 0.2) is 0 Å². The average Bonchev–Trinajstić information content (AvgIpc) is 0.811. The van der Waals surface area contributed by atoms with Gasteiger partial charge in [-0.1, -0.05) is 13.8 Å². The topological polar surface area (TPSA) is 0 Å². The van der Waals surface area contributed by atoms with Crippen molar-refractivity contribution in [3.05, 3.63) is 6.92 Å². The van der Waals surface area contributed by atoms with Gasteiger partial charge in [-0.15, -0.1) is 0 Å². The molecule has 0 bridgehead atoms. The first-order valence-electron chi connectivity index (χ1n) is 1.56. The summed E-state index contributed by atoms with van der Waals surface area (Å²) in [4.78, 5) is 0. The summed E-state index contributed by atoms with van der Waals surface area (Å²) in [6.45, 7) is 7.75. The van der Waals surface area contributed by atoms with Gasteiger partial charge < -0.3 is 11.6 Å². The number of halogens is 1. The Bertz CT molecular complexity index is 12.3.